The molecule has 1 N–H and O–H groups in total. The molecule has 0 spiro atoms. The van der Waals surface area contributed by atoms with Gasteiger partial charge in [-0.2, -0.15) is 0 Å². The fraction of sp³-hybridized carbons (Fsp3) is 0.500. The van der Waals surface area contributed by atoms with Gasteiger partial charge in [0, 0.05) is 12.0 Å². The average molecular weight is 228 g/mol. The van der Waals surface area contributed by atoms with Gasteiger partial charge in [-0.15, -0.1) is 0 Å². The van der Waals surface area contributed by atoms with E-state index >= 15 is 0 Å². The smallest absolute Gasteiger partial charge is 0.264 e. The molecule has 0 amide bonds. The molecule has 1 aliphatic carbocycles. The van der Waals surface area contributed by atoms with Crippen molar-refractivity contribution in [2.24, 2.45) is 0 Å². The summed E-state index contributed by atoms with van der Waals surface area (Å²) in [5, 5.41) is 9.77. The quantitative estimate of drug-likeness (QED) is 0.858. The van der Waals surface area contributed by atoms with Crippen molar-refractivity contribution in [3.8, 4) is 5.75 Å². The van der Waals surface area contributed by atoms with Crippen LogP contribution in [0.1, 0.15) is 30.4 Å². The van der Waals surface area contributed by atoms with Gasteiger partial charge in [-0.05, 0) is 36.6 Å². The van der Waals surface area contributed by atoms with Gasteiger partial charge >= 0.3 is 0 Å². The Labute approximate surface area is 92.9 Å². The van der Waals surface area contributed by atoms with E-state index in [0.717, 1.165) is 0 Å². The van der Waals surface area contributed by atoms with Gasteiger partial charge in [0.15, 0.2) is 0 Å². The maximum absolute atomic E-state index is 12.7. The molecule has 0 heterocycles. The molecule has 2 nitrogen and oxygen atoms in total. The first-order chi connectivity index (χ1) is 7.54. The van der Waals surface area contributed by atoms with E-state index < -0.39 is 12.0 Å². The number of rotatable bonds is 4. The molecule has 88 valence electrons. The molecule has 0 unspecified atom stereocenters. The third-order valence-corrected chi connectivity index (χ3v) is 2.93. The van der Waals surface area contributed by atoms with Gasteiger partial charge in [0.25, 0.3) is 6.43 Å². The highest BCUT2D eigenvalue weighted by Gasteiger charge is 2.41. The van der Waals surface area contributed by atoms with Crippen LogP contribution in [-0.2, 0) is 6.42 Å². The summed E-state index contributed by atoms with van der Waals surface area (Å²) < 4.78 is 30.5. The Morgan fingerprint density at radius 3 is 2.62 bits per heavy atom. The Bertz CT molecular complexity index is 387. The summed E-state index contributed by atoms with van der Waals surface area (Å²) in [4.78, 5) is 0. The van der Waals surface area contributed by atoms with Crippen LogP contribution in [0.2, 0.25) is 0 Å². The van der Waals surface area contributed by atoms with E-state index in [9.17, 15) is 13.9 Å². The molecule has 1 aromatic rings. The lowest BCUT2D eigenvalue weighted by Crippen LogP contribution is -2.12. The van der Waals surface area contributed by atoms with Crippen LogP contribution in [-0.4, -0.2) is 17.8 Å². The van der Waals surface area contributed by atoms with Crippen molar-refractivity contribution in [3.63, 3.8) is 0 Å². The zero-order chi connectivity index (χ0) is 11.8. The van der Waals surface area contributed by atoms with Crippen molar-refractivity contribution in [2.75, 3.05) is 7.11 Å². The van der Waals surface area contributed by atoms with Crippen molar-refractivity contribution in [3.05, 3.63) is 29.3 Å². The molecular weight excluding hydrogens is 214 g/mol. The van der Waals surface area contributed by atoms with E-state index in [1.807, 2.05) is 0 Å². The minimum absolute atomic E-state index is 0.0128. The Morgan fingerprint density at radius 2 is 2.12 bits per heavy atom. The summed E-state index contributed by atoms with van der Waals surface area (Å²) in [7, 11) is 1.49. The van der Waals surface area contributed by atoms with E-state index in [1.165, 1.54) is 19.2 Å². The minimum Gasteiger partial charge on any atom is -0.497 e. The van der Waals surface area contributed by atoms with Crippen molar-refractivity contribution >= 4 is 0 Å². The summed E-state index contributed by atoms with van der Waals surface area (Å²) >= 11 is 0. The Morgan fingerprint density at radius 1 is 1.44 bits per heavy atom. The zero-order valence-corrected chi connectivity index (χ0v) is 9.04. The van der Waals surface area contributed by atoms with Gasteiger partial charge in [0.1, 0.15) is 5.75 Å². The van der Waals surface area contributed by atoms with E-state index in [2.05, 4.69) is 0 Å². The van der Waals surface area contributed by atoms with E-state index in [0.29, 0.717) is 24.2 Å². The molecular formula is C12H14F2O2. The molecule has 0 saturated heterocycles. The van der Waals surface area contributed by atoms with Gasteiger partial charge in [-0.3, -0.25) is 0 Å². The normalized spacial score (nSPS) is 17.6. The lowest BCUT2D eigenvalue weighted by Gasteiger charge is -2.13. The van der Waals surface area contributed by atoms with Gasteiger partial charge < -0.3 is 9.84 Å². The third kappa shape index (κ3) is 2.32. The number of hydrogen-bond acceptors (Lipinski definition) is 2. The summed E-state index contributed by atoms with van der Waals surface area (Å²) in [6.45, 7) is 0. The van der Waals surface area contributed by atoms with Crippen molar-refractivity contribution in [2.45, 2.75) is 31.3 Å². The topological polar surface area (TPSA) is 29.5 Å². The van der Waals surface area contributed by atoms with E-state index in [-0.39, 0.29) is 12.0 Å². The zero-order valence-electron chi connectivity index (χ0n) is 9.04. The fourth-order valence-electron chi connectivity index (χ4n) is 1.75. The number of methoxy groups -OCH3 is 1. The predicted octanol–water partition coefficient (Wildman–Crippen LogP) is 2.70. The largest absolute Gasteiger partial charge is 0.497 e. The van der Waals surface area contributed by atoms with Crippen LogP contribution in [0, 0.1) is 0 Å². The van der Waals surface area contributed by atoms with Crippen LogP contribution >= 0.6 is 0 Å². The lowest BCUT2D eigenvalue weighted by molar-refractivity contribution is 0.138. The number of alkyl halides is 2. The fourth-order valence-corrected chi connectivity index (χ4v) is 1.75. The maximum atomic E-state index is 12.7. The molecule has 1 aromatic carbocycles. The standard InChI is InChI=1S/C12H14F2O2/c1-16-9-2-3-10(11(13)14)8(6-9)7-12(15)4-5-12/h2-3,6,11,15H,4-5,7H2,1H3. The summed E-state index contributed by atoms with van der Waals surface area (Å²) in [6, 6.07) is 4.46. The number of aliphatic hydroxyl groups is 1. The average Bonchev–Trinajstić information content (AvgIpc) is 2.95. The molecule has 0 bridgehead atoms. The highest BCUT2D eigenvalue weighted by atomic mass is 19.3. The first kappa shape index (κ1) is 11.3. The Balaban J connectivity index is 2.30. The van der Waals surface area contributed by atoms with Crippen molar-refractivity contribution in [1.29, 1.82) is 0 Å². The molecule has 1 aliphatic rings. The highest BCUT2D eigenvalue weighted by Crippen LogP contribution is 2.40. The molecule has 16 heavy (non-hydrogen) atoms. The SMILES string of the molecule is COc1ccc(C(F)F)c(CC2(O)CC2)c1. The van der Waals surface area contributed by atoms with Crippen LogP contribution in [0.25, 0.3) is 0 Å². The maximum Gasteiger partial charge on any atom is 0.264 e. The van der Waals surface area contributed by atoms with Gasteiger partial charge in [0.05, 0.1) is 12.7 Å². The second kappa shape index (κ2) is 4.01. The molecule has 0 radical (unpaired) electrons. The second-order valence-corrected chi connectivity index (χ2v) is 4.27. The Kier molecular flexibility index (Phi) is 2.84. The van der Waals surface area contributed by atoms with Crippen LogP contribution in [0.15, 0.2) is 18.2 Å². The number of benzene rings is 1. The summed E-state index contributed by atoms with van der Waals surface area (Å²) in [5.74, 6) is 0.545. The number of hydrogen-bond donors (Lipinski definition) is 1. The summed E-state index contributed by atoms with van der Waals surface area (Å²) in [6.07, 6.45) is -0.854. The van der Waals surface area contributed by atoms with Crippen molar-refractivity contribution in [1.82, 2.24) is 0 Å². The van der Waals surface area contributed by atoms with Crippen molar-refractivity contribution < 1.29 is 18.6 Å². The summed E-state index contributed by atoms with van der Waals surface area (Å²) in [5.41, 5.74) is -0.300. The molecule has 4 heteroatoms. The molecule has 1 saturated carbocycles. The molecule has 0 aromatic heterocycles. The predicted molar refractivity (Wildman–Crippen MR) is 55.8 cm³/mol. The van der Waals surface area contributed by atoms with Crippen LogP contribution in [0.3, 0.4) is 0 Å². The first-order valence-corrected chi connectivity index (χ1v) is 5.21. The third-order valence-electron chi connectivity index (χ3n) is 2.93. The van der Waals surface area contributed by atoms with Gasteiger partial charge in [-0.25, -0.2) is 8.78 Å². The number of halogens is 2. The van der Waals surface area contributed by atoms with E-state index in [4.69, 9.17) is 4.74 Å². The van der Waals surface area contributed by atoms with Gasteiger partial charge in [0.2, 0.25) is 0 Å². The van der Waals surface area contributed by atoms with Crippen LogP contribution in [0.4, 0.5) is 8.78 Å². The van der Waals surface area contributed by atoms with Crippen LogP contribution in [0.5, 0.6) is 5.75 Å². The Hall–Kier alpha value is -1.16. The lowest BCUT2D eigenvalue weighted by atomic mass is 10.0. The van der Waals surface area contributed by atoms with Gasteiger partial charge in [-0.1, -0.05) is 0 Å². The van der Waals surface area contributed by atoms with E-state index in [1.54, 1.807) is 6.07 Å². The molecule has 0 atom stereocenters. The minimum atomic E-state index is -2.51. The highest BCUT2D eigenvalue weighted by molar-refractivity contribution is 5.38. The first-order valence-electron chi connectivity index (χ1n) is 5.21. The molecule has 0 aliphatic heterocycles. The monoisotopic (exact) mass is 228 g/mol. The molecule has 2 rings (SSSR count). The molecule has 1 fully saturated rings. The van der Waals surface area contributed by atoms with Crippen LogP contribution < -0.4 is 4.74 Å². The number of ether oxygens (including phenoxy) is 1. The second-order valence-electron chi connectivity index (χ2n) is 4.27.